The fourth-order valence-corrected chi connectivity index (χ4v) is 5.28. The highest BCUT2D eigenvalue weighted by molar-refractivity contribution is 7.99. The molecule has 2 heterocycles. The van der Waals surface area contributed by atoms with Crippen LogP contribution in [0.1, 0.15) is 43.0 Å². The van der Waals surface area contributed by atoms with Crippen molar-refractivity contribution in [1.29, 1.82) is 0 Å². The molecule has 1 unspecified atom stereocenters. The van der Waals surface area contributed by atoms with E-state index >= 15 is 0 Å². The Labute approximate surface area is 248 Å². The van der Waals surface area contributed by atoms with Crippen LogP contribution in [-0.2, 0) is 22.7 Å². The van der Waals surface area contributed by atoms with E-state index in [4.69, 9.17) is 30.9 Å². The number of ether oxygens (including phenoxy) is 3. The number of nitrogens with zero attached hydrogens (tertiary/aromatic N) is 3. The van der Waals surface area contributed by atoms with Crippen LogP contribution in [-0.4, -0.2) is 33.6 Å². The predicted molar refractivity (Wildman–Crippen MR) is 161 cm³/mol. The molecular formula is C31H31ClN4O4S. The summed E-state index contributed by atoms with van der Waals surface area (Å²) in [6, 6.07) is 22.1. The summed E-state index contributed by atoms with van der Waals surface area (Å²) in [6.45, 7) is 4.47. The van der Waals surface area contributed by atoms with Crippen LogP contribution < -0.4 is 14.8 Å². The topological polar surface area (TPSA) is 87.5 Å². The molecule has 0 saturated heterocycles. The van der Waals surface area contributed by atoms with Gasteiger partial charge in [-0.3, -0.25) is 0 Å². The number of esters is 1. The van der Waals surface area contributed by atoms with Crippen LogP contribution in [0.4, 0.5) is 5.95 Å². The summed E-state index contributed by atoms with van der Waals surface area (Å²) in [5.41, 5.74) is 3.77. The molecule has 0 amide bonds. The minimum Gasteiger partial charge on any atom is -0.493 e. The van der Waals surface area contributed by atoms with Gasteiger partial charge in [0.2, 0.25) is 11.1 Å². The van der Waals surface area contributed by atoms with Crippen LogP contribution in [0.15, 0.2) is 89.2 Å². The van der Waals surface area contributed by atoms with Crippen LogP contribution in [0.25, 0.3) is 0 Å². The summed E-state index contributed by atoms with van der Waals surface area (Å²) in [4.78, 5) is 18.3. The SMILES string of the molecule is CCCSc1nc2n(n1)C(c1ccc(OCc3ccc(Cl)cc3)c(OC)c1)C(C(=O)OCc1ccccc1)=C(C)N2. The van der Waals surface area contributed by atoms with Gasteiger partial charge >= 0.3 is 5.97 Å². The van der Waals surface area contributed by atoms with Crippen molar-refractivity contribution in [2.24, 2.45) is 0 Å². The van der Waals surface area contributed by atoms with Crippen LogP contribution in [0.2, 0.25) is 5.02 Å². The lowest BCUT2D eigenvalue weighted by atomic mass is 9.95. The molecule has 1 aromatic heterocycles. The number of anilines is 1. The van der Waals surface area contributed by atoms with Gasteiger partial charge in [-0.25, -0.2) is 9.48 Å². The minimum absolute atomic E-state index is 0.159. The molecule has 1 N–H and O–H groups in total. The molecular weight excluding hydrogens is 560 g/mol. The molecule has 1 aliphatic rings. The van der Waals surface area contributed by atoms with Crippen molar-refractivity contribution >= 4 is 35.3 Å². The number of aromatic nitrogens is 3. The molecule has 0 saturated carbocycles. The Hall–Kier alpha value is -3.95. The Bertz CT molecular complexity index is 1540. The average molecular weight is 591 g/mol. The number of fused-ring (bicyclic) bond motifs is 1. The number of thioether (sulfide) groups is 1. The van der Waals surface area contributed by atoms with Crippen molar-refractivity contribution in [3.05, 3.63) is 106 Å². The summed E-state index contributed by atoms with van der Waals surface area (Å²) in [6.07, 6.45) is 0.994. The Morgan fingerprint density at radius 2 is 1.78 bits per heavy atom. The largest absolute Gasteiger partial charge is 0.493 e. The van der Waals surface area contributed by atoms with E-state index in [1.54, 1.807) is 23.6 Å². The van der Waals surface area contributed by atoms with E-state index in [1.165, 1.54) is 0 Å². The standard InChI is InChI=1S/C31H31ClN4O4S/c1-4-16-41-31-34-30-33-20(2)27(29(37)40-19-21-8-6-5-7-9-21)28(36(30)35-31)23-12-15-25(26(17-23)38-3)39-18-22-10-13-24(32)14-11-22/h5-15,17,28H,4,16,18-19H2,1-3H3,(H,33,34,35). The number of nitrogens with one attached hydrogen (secondary N) is 1. The highest BCUT2D eigenvalue weighted by Crippen LogP contribution is 2.40. The first kappa shape index (κ1) is 28.6. The first-order valence-electron chi connectivity index (χ1n) is 13.3. The van der Waals surface area contributed by atoms with E-state index in [2.05, 4.69) is 17.2 Å². The molecule has 4 aromatic rings. The molecule has 10 heteroatoms. The predicted octanol–water partition coefficient (Wildman–Crippen LogP) is 7.05. The van der Waals surface area contributed by atoms with Gasteiger partial charge in [-0.1, -0.05) is 78.8 Å². The van der Waals surface area contributed by atoms with E-state index in [1.807, 2.05) is 79.7 Å². The maximum absolute atomic E-state index is 13.6. The number of methoxy groups -OCH3 is 1. The second kappa shape index (κ2) is 13.1. The van der Waals surface area contributed by atoms with Gasteiger partial charge in [0.15, 0.2) is 11.5 Å². The molecule has 5 rings (SSSR count). The molecule has 0 fully saturated rings. The summed E-state index contributed by atoms with van der Waals surface area (Å²) < 4.78 is 19.3. The summed E-state index contributed by atoms with van der Waals surface area (Å²) in [7, 11) is 1.59. The molecule has 0 spiro atoms. The lowest BCUT2D eigenvalue weighted by Gasteiger charge is -2.28. The monoisotopic (exact) mass is 590 g/mol. The van der Waals surface area contributed by atoms with Crippen LogP contribution >= 0.6 is 23.4 Å². The molecule has 0 bridgehead atoms. The van der Waals surface area contributed by atoms with E-state index in [0.29, 0.717) is 45.5 Å². The van der Waals surface area contributed by atoms with Crippen molar-refractivity contribution in [3.8, 4) is 11.5 Å². The number of halogens is 1. The second-order valence-corrected chi connectivity index (χ2v) is 11.0. The Morgan fingerprint density at radius 3 is 2.51 bits per heavy atom. The Morgan fingerprint density at radius 1 is 1.02 bits per heavy atom. The first-order chi connectivity index (χ1) is 20.0. The summed E-state index contributed by atoms with van der Waals surface area (Å²) in [5.74, 6) is 2.13. The zero-order valence-corrected chi connectivity index (χ0v) is 24.7. The number of benzene rings is 3. The molecule has 212 valence electrons. The Balaban J connectivity index is 1.47. The lowest BCUT2D eigenvalue weighted by molar-refractivity contribution is -0.140. The van der Waals surface area contributed by atoms with Gasteiger partial charge in [0, 0.05) is 16.5 Å². The fraction of sp³-hybridized carbons (Fsp3) is 0.258. The van der Waals surface area contributed by atoms with Gasteiger partial charge < -0.3 is 19.5 Å². The maximum atomic E-state index is 13.6. The van der Waals surface area contributed by atoms with Crippen molar-refractivity contribution in [2.75, 3.05) is 18.2 Å². The summed E-state index contributed by atoms with van der Waals surface area (Å²) >= 11 is 7.58. The van der Waals surface area contributed by atoms with Gasteiger partial charge in [-0.2, -0.15) is 4.98 Å². The zero-order valence-electron chi connectivity index (χ0n) is 23.1. The number of carbonyl (C=O) groups is 1. The van der Waals surface area contributed by atoms with Gasteiger partial charge in [-0.15, -0.1) is 5.10 Å². The van der Waals surface area contributed by atoms with E-state index in [0.717, 1.165) is 28.9 Å². The van der Waals surface area contributed by atoms with Gasteiger partial charge in [0.25, 0.3) is 0 Å². The highest BCUT2D eigenvalue weighted by Gasteiger charge is 2.36. The molecule has 1 aliphatic heterocycles. The van der Waals surface area contributed by atoms with E-state index in [-0.39, 0.29) is 6.61 Å². The molecule has 0 aliphatic carbocycles. The number of allylic oxidation sites excluding steroid dienone is 1. The van der Waals surface area contributed by atoms with E-state index < -0.39 is 12.0 Å². The number of hydrogen-bond acceptors (Lipinski definition) is 8. The third kappa shape index (κ3) is 6.69. The third-order valence-corrected chi connectivity index (χ3v) is 7.81. The van der Waals surface area contributed by atoms with Crippen molar-refractivity contribution in [2.45, 2.75) is 44.7 Å². The minimum atomic E-state index is -0.586. The normalized spacial score (nSPS) is 14.3. The number of hydrogen-bond donors (Lipinski definition) is 1. The first-order valence-corrected chi connectivity index (χ1v) is 14.7. The van der Waals surface area contributed by atoms with Crippen molar-refractivity contribution < 1.29 is 19.0 Å². The smallest absolute Gasteiger partial charge is 0.338 e. The second-order valence-electron chi connectivity index (χ2n) is 9.46. The summed E-state index contributed by atoms with van der Waals surface area (Å²) in [5, 5.41) is 9.34. The molecule has 41 heavy (non-hydrogen) atoms. The maximum Gasteiger partial charge on any atom is 0.338 e. The van der Waals surface area contributed by atoms with Crippen LogP contribution in [0.5, 0.6) is 11.5 Å². The lowest BCUT2D eigenvalue weighted by Crippen LogP contribution is -2.29. The molecule has 1 atom stereocenters. The van der Waals surface area contributed by atoms with Crippen molar-refractivity contribution in [1.82, 2.24) is 14.8 Å². The average Bonchev–Trinajstić information content (AvgIpc) is 3.40. The fourth-order valence-electron chi connectivity index (χ4n) is 4.47. The molecule has 3 aromatic carbocycles. The third-order valence-electron chi connectivity index (χ3n) is 6.51. The van der Waals surface area contributed by atoms with Crippen LogP contribution in [0, 0.1) is 0 Å². The Kier molecular flexibility index (Phi) is 9.16. The highest BCUT2D eigenvalue weighted by atomic mass is 35.5. The quantitative estimate of drug-likeness (QED) is 0.147. The van der Waals surface area contributed by atoms with Crippen molar-refractivity contribution in [3.63, 3.8) is 0 Å². The number of rotatable bonds is 11. The number of carbonyl (C=O) groups excluding carboxylic acids is 1. The van der Waals surface area contributed by atoms with E-state index in [9.17, 15) is 4.79 Å². The van der Waals surface area contributed by atoms with Gasteiger partial charge in [0.1, 0.15) is 19.3 Å². The van der Waals surface area contributed by atoms with Crippen LogP contribution in [0.3, 0.4) is 0 Å². The zero-order chi connectivity index (χ0) is 28.8. The van der Waals surface area contributed by atoms with Gasteiger partial charge in [-0.05, 0) is 54.3 Å². The molecule has 0 radical (unpaired) electrons. The molecule has 8 nitrogen and oxygen atoms in total. The van der Waals surface area contributed by atoms with Gasteiger partial charge in [0.05, 0.1) is 12.7 Å².